The van der Waals surface area contributed by atoms with Gasteiger partial charge in [-0.3, -0.25) is 9.59 Å². The Morgan fingerprint density at radius 2 is 1.96 bits per heavy atom. The Hall–Kier alpha value is -1.80. The fourth-order valence-electron chi connectivity index (χ4n) is 2.43. The number of sulfone groups is 1. The summed E-state index contributed by atoms with van der Waals surface area (Å²) in [5.41, 5.74) is -1.05. The molecule has 2 amide bonds. The van der Waals surface area contributed by atoms with Gasteiger partial charge in [0.25, 0.3) is 0 Å². The number of anilines is 1. The van der Waals surface area contributed by atoms with Crippen LogP contribution in [0.1, 0.15) is 20.3 Å². The van der Waals surface area contributed by atoms with Crippen molar-refractivity contribution in [2.75, 3.05) is 23.9 Å². The predicted octanol–water partition coefficient (Wildman–Crippen LogP) is 1.62. The molecule has 0 aromatic heterocycles. The van der Waals surface area contributed by atoms with Gasteiger partial charge in [-0.05, 0) is 38.5 Å². The summed E-state index contributed by atoms with van der Waals surface area (Å²) in [6.07, 6.45) is 0.355. The van der Waals surface area contributed by atoms with Gasteiger partial charge >= 0.3 is 0 Å². The molecule has 0 bridgehead atoms. The first-order chi connectivity index (χ1) is 11.5. The van der Waals surface area contributed by atoms with E-state index in [2.05, 4.69) is 10.6 Å². The van der Waals surface area contributed by atoms with Crippen LogP contribution in [0.5, 0.6) is 5.75 Å². The number of rotatable bonds is 5. The molecule has 1 aromatic rings. The smallest absolute Gasteiger partial charge is 0.239 e. The number of hydrogen-bond donors (Lipinski definition) is 2. The van der Waals surface area contributed by atoms with Gasteiger partial charge in [0.05, 0.1) is 24.3 Å². The van der Waals surface area contributed by atoms with Crippen LogP contribution < -0.4 is 15.4 Å². The van der Waals surface area contributed by atoms with Gasteiger partial charge in [-0.2, -0.15) is 0 Å². The van der Waals surface area contributed by atoms with E-state index >= 15 is 0 Å². The van der Waals surface area contributed by atoms with E-state index in [1.807, 2.05) is 0 Å². The number of halogens is 1. The molecule has 25 heavy (non-hydrogen) atoms. The van der Waals surface area contributed by atoms with Gasteiger partial charge in [0, 0.05) is 11.1 Å². The van der Waals surface area contributed by atoms with E-state index in [1.54, 1.807) is 12.1 Å². The number of amides is 2. The molecule has 0 radical (unpaired) electrons. The highest BCUT2D eigenvalue weighted by Crippen LogP contribution is 2.29. The maximum absolute atomic E-state index is 12.6. The third kappa shape index (κ3) is 4.64. The lowest BCUT2D eigenvalue weighted by molar-refractivity contribution is -0.138. The van der Waals surface area contributed by atoms with Gasteiger partial charge in [0.2, 0.25) is 11.8 Å². The first-order valence-electron chi connectivity index (χ1n) is 7.71. The van der Waals surface area contributed by atoms with Crippen LogP contribution in [-0.4, -0.2) is 44.9 Å². The van der Waals surface area contributed by atoms with E-state index in [9.17, 15) is 18.0 Å². The average molecular weight is 389 g/mol. The second-order valence-electron chi connectivity index (χ2n) is 6.50. The van der Waals surface area contributed by atoms with Crippen molar-refractivity contribution < 1.29 is 22.7 Å². The van der Waals surface area contributed by atoms with E-state index in [0.717, 1.165) is 0 Å². The molecule has 0 spiro atoms. The molecule has 1 aliphatic heterocycles. The topological polar surface area (TPSA) is 102 Å². The summed E-state index contributed by atoms with van der Waals surface area (Å²) in [4.78, 5) is 25.0. The van der Waals surface area contributed by atoms with Gasteiger partial charge < -0.3 is 15.4 Å². The Balaban J connectivity index is 2.09. The number of carbonyl (C=O) groups is 2. The molecule has 1 aliphatic rings. The first kappa shape index (κ1) is 19.5. The summed E-state index contributed by atoms with van der Waals surface area (Å²) in [6.45, 7) is 2.94. The molecule has 9 heteroatoms. The molecule has 1 saturated heterocycles. The van der Waals surface area contributed by atoms with Gasteiger partial charge in [-0.25, -0.2) is 8.42 Å². The molecule has 1 aromatic carbocycles. The van der Waals surface area contributed by atoms with Crippen molar-refractivity contribution >= 4 is 38.9 Å². The van der Waals surface area contributed by atoms with Crippen LogP contribution in [0, 0.1) is 5.41 Å². The van der Waals surface area contributed by atoms with Crippen LogP contribution in [0.2, 0.25) is 5.02 Å². The number of benzene rings is 1. The summed E-state index contributed by atoms with van der Waals surface area (Å²) < 4.78 is 28.1. The number of ether oxygens (including phenoxy) is 1. The zero-order valence-corrected chi connectivity index (χ0v) is 15.8. The minimum atomic E-state index is -3.12. The lowest BCUT2D eigenvalue weighted by Gasteiger charge is -2.25. The van der Waals surface area contributed by atoms with Crippen molar-refractivity contribution in [2.45, 2.75) is 26.3 Å². The highest BCUT2D eigenvalue weighted by Gasteiger charge is 2.39. The van der Waals surface area contributed by atoms with Crippen LogP contribution >= 0.6 is 11.6 Å². The molecule has 0 saturated carbocycles. The molecular formula is C16H21ClN2O5S. The summed E-state index contributed by atoms with van der Waals surface area (Å²) in [6, 6.07) is 4.28. The monoisotopic (exact) mass is 388 g/mol. The van der Waals surface area contributed by atoms with Gasteiger partial charge in [-0.1, -0.05) is 11.6 Å². The van der Waals surface area contributed by atoms with Crippen molar-refractivity contribution in [1.82, 2.24) is 5.32 Å². The summed E-state index contributed by atoms with van der Waals surface area (Å²) >= 11 is 5.93. The van der Waals surface area contributed by atoms with Gasteiger partial charge in [-0.15, -0.1) is 0 Å². The number of nitrogens with one attached hydrogen (secondary N) is 2. The van der Waals surface area contributed by atoms with E-state index in [1.165, 1.54) is 27.0 Å². The summed E-state index contributed by atoms with van der Waals surface area (Å²) in [7, 11) is -1.66. The minimum absolute atomic E-state index is 0.0459. The van der Waals surface area contributed by atoms with Crippen LogP contribution in [0.25, 0.3) is 0 Å². The molecule has 1 fully saturated rings. The molecule has 138 valence electrons. The van der Waals surface area contributed by atoms with E-state index in [0.29, 0.717) is 22.9 Å². The fraction of sp³-hybridized carbons (Fsp3) is 0.500. The third-order valence-electron chi connectivity index (χ3n) is 4.11. The highest BCUT2D eigenvalue weighted by molar-refractivity contribution is 7.91. The Labute approximate surface area is 152 Å². The van der Waals surface area contributed by atoms with Crippen LogP contribution in [0.15, 0.2) is 18.2 Å². The number of methoxy groups -OCH3 is 1. The minimum Gasteiger partial charge on any atom is -0.495 e. The van der Waals surface area contributed by atoms with E-state index in [-0.39, 0.29) is 11.5 Å². The molecule has 1 heterocycles. The Morgan fingerprint density at radius 3 is 2.52 bits per heavy atom. The molecule has 1 unspecified atom stereocenters. The second kappa shape index (κ2) is 7.21. The highest BCUT2D eigenvalue weighted by atomic mass is 35.5. The number of carbonyl (C=O) groups excluding carboxylic acids is 2. The van der Waals surface area contributed by atoms with Crippen molar-refractivity contribution in [1.29, 1.82) is 0 Å². The molecule has 7 nitrogen and oxygen atoms in total. The van der Waals surface area contributed by atoms with Crippen molar-refractivity contribution in [3.8, 4) is 5.75 Å². The summed E-state index contributed by atoms with van der Waals surface area (Å²) in [5.74, 6) is -0.724. The maximum Gasteiger partial charge on any atom is 0.239 e. The normalized spacial score (nSPS) is 19.3. The first-order valence-corrected chi connectivity index (χ1v) is 9.91. The molecule has 2 N–H and O–H groups in total. The standard InChI is InChI=1S/C16H21ClN2O5S/c1-16(2,14(20)18-11-6-7-25(22,23)9-11)15(21)19-12-8-10(17)4-5-13(12)24-3/h4-5,8,11H,6-7,9H2,1-3H3,(H,18,20)(H,19,21). The van der Waals surface area contributed by atoms with E-state index in [4.69, 9.17) is 16.3 Å². The molecule has 0 aliphatic carbocycles. The Morgan fingerprint density at radius 1 is 1.28 bits per heavy atom. The van der Waals surface area contributed by atoms with Crippen LogP contribution in [-0.2, 0) is 19.4 Å². The van der Waals surface area contributed by atoms with E-state index < -0.39 is 33.1 Å². The van der Waals surface area contributed by atoms with Gasteiger partial charge in [0.15, 0.2) is 9.84 Å². The average Bonchev–Trinajstić information content (AvgIpc) is 2.86. The Kier molecular flexibility index (Phi) is 5.63. The zero-order chi connectivity index (χ0) is 18.8. The lowest BCUT2D eigenvalue weighted by Crippen LogP contribution is -2.48. The molecule has 1 atom stereocenters. The van der Waals surface area contributed by atoms with Crippen molar-refractivity contribution in [2.24, 2.45) is 5.41 Å². The lowest BCUT2D eigenvalue weighted by atomic mass is 9.90. The largest absolute Gasteiger partial charge is 0.495 e. The van der Waals surface area contributed by atoms with Gasteiger partial charge in [0.1, 0.15) is 11.2 Å². The summed E-state index contributed by atoms with van der Waals surface area (Å²) in [5, 5.41) is 5.69. The SMILES string of the molecule is COc1ccc(Cl)cc1NC(=O)C(C)(C)C(=O)NC1CCS(=O)(=O)C1. The third-order valence-corrected chi connectivity index (χ3v) is 6.12. The Bertz CT molecular complexity index is 792. The van der Waals surface area contributed by atoms with Crippen LogP contribution in [0.4, 0.5) is 5.69 Å². The molecular weight excluding hydrogens is 368 g/mol. The maximum atomic E-state index is 12.6. The second-order valence-corrected chi connectivity index (χ2v) is 9.16. The number of hydrogen-bond acceptors (Lipinski definition) is 5. The van der Waals surface area contributed by atoms with Crippen molar-refractivity contribution in [3.63, 3.8) is 0 Å². The molecule has 2 rings (SSSR count). The van der Waals surface area contributed by atoms with Crippen LogP contribution in [0.3, 0.4) is 0 Å². The van der Waals surface area contributed by atoms with Crippen molar-refractivity contribution in [3.05, 3.63) is 23.2 Å². The fourth-order valence-corrected chi connectivity index (χ4v) is 4.28. The quantitative estimate of drug-likeness (QED) is 0.746. The predicted molar refractivity (Wildman–Crippen MR) is 95.6 cm³/mol. The zero-order valence-electron chi connectivity index (χ0n) is 14.3.